The monoisotopic (exact) mass is 597 g/mol. The van der Waals surface area contributed by atoms with Crippen LogP contribution in [0.4, 0.5) is 0 Å². The van der Waals surface area contributed by atoms with Crippen molar-refractivity contribution in [2.24, 2.45) is 0 Å². The molecule has 6 heteroatoms. The van der Waals surface area contributed by atoms with E-state index in [1.54, 1.807) is 0 Å². The Bertz CT molecular complexity index is 620. The van der Waals surface area contributed by atoms with Crippen LogP contribution < -0.4 is 0 Å². The van der Waals surface area contributed by atoms with Gasteiger partial charge in [-0.2, -0.15) is 0 Å². The van der Waals surface area contributed by atoms with Gasteiger partial charge in [0.2, 0.25) is 0 Å². The SMILES string of the molecule is CCCCCCCCCCCCCCC(=O)OC[C@@H](COC(=O)CCCCCCC)OC(=O)CCCCCCCCC. The number of unbranched alkanes of at least 4 members (excludes halogenated alkanes) is 21. The van der Waals surface area contributed by atoms with E-state index < -0.39 is 6.10 Å². The number of carbonyl (C=O) groups is 3. The smallest absolute Gasteiger partial charge is 0.306 e. The predicted molar refractivity (Wildman–Crippen MR) is 173 cm³/mol. The third-order valence-corrected chi connectivity index (χ3v) is 7.86. The van der Waals surface area contributed by atoms with Crippen LogP contribution in [0, 0.1) is 0 Å². The third kappa shape index (κ3) is 29.9. The summed E-state index contributed by atoms with van der Waals surface area (Å²) in [6.45, 7) is 6.48. The summed E-state index contributed by atoms with van der Waals surface area (Å²) in [7, 11) is 0. The summed E-state index contributed by atoms with van der Waals surface area (Å²) in [6.07, 6.45) is 28.4. The maximum absolute atomic E-state index is 12.4. The van der Waals surface area contributed by atoms with Gasteiger partial charge in [0.15, 0.2) is 6.10 Å². The summed E-state index contributed by atoms with van der Waals surface area (Å²) in [4.78, 5) is 37.0. The van der Waals surface area contributed by atoms with E-state index in [9.17, 15) is 14.4 Å². The van der Waals surface area contributed by atoms with Gasteiger partial charge in [-0.1, -0.05) is 156 Å². The van der Waals surface area contributed by atoms with Gasteiger partial charge < -0.3 is 14.2 Å². The molecule has 0 amide bonds. The average Bonchev–Trinajstić information content (AvgIpc) is 2.98. The van der Waals surface area contributed by atoms with Gasteiger partial charge in [0.25, 0.3) is 0 Å². The molecular weight excluding hydrogens is 528 g/mol. The molecule has 0 spiro atoms. The van der Waals surface area contributed by atoms with Gasteiger partial charge in [-0.15, -0.1) is 0 Å². The molecule has 0 unspecified atom stereocenters. The van der Waals surface area contributed by atoms with E-state index in [4.69, 9.17) is 14.2 Å². The van der Waals surface area contributed by atoms with Crippen molar-refractivity contribution < 1.29 is 28.6 Å². The Labute approximate surface area is 259 Å². The molecule has 0 N–H and O–H groups in total. The van der Waals surface area contributed by atoms with Gasteiger partial charge in [0, 0.05) is 19.3 Å². The zero-order valence-corrected chi connectivity index (χ0v) is 28.0. The molecule has 0 heterocycles. The van der Waals surface area contributed by atoms with Crippen molar-refractivity contribution in [3.63, 3.8) is 0 Å². The lowest BCUT2D eigenvalue weighted by atomic mass is 10.0. The van der Waals surface area contributed by atoms with E-state index in [0.29, 0.717) is 19.3 Å². The maximum Gasteiger partial charge on any atom is 0.306 e. The molecule has 0 aliphatic rings. The van der Waals surface area contributed by atoms with E-state index >= 15 is 0 Å². The Morgan fingerprint density at radius 1 is 0.381 bits per heavy atom. The summed E-state index contributed by atoms with van der Waals surface area (Å²) in [5, 5.41) is 0. The first-order valence-electron chi connectivity index (χ1n) is 18.0. The minimum atomic E-state index is -0.753. The Morgan fingerprint density at radius 3 is 0.952 bits per heavy atom. The molecule has 0 aromatic carbocycles. The molecule has 0 fully saturated rings. The van der Waals surface area contributed by atoms with Crippen molar-refractivity contribution in [3.8, 4) is 0 Å². The molecular formula is C36H68O6. The van der Waals surface area contributed by atoms with E-state index in [-0.39, 0.29) is 31.1 Å². The van der Waals surface area contributed by atoms with Crippen molar-refractivity contribution in [1.29, 1.82) is 0 Å². The number of hydrogen-bond donors (Lipinski definition) is 0. The van der Waals surface area contributed by atoms with Crippen LogP contribution in [0.3, 0.4) is 0 Å². The highest BCUT2D eigenvalue weighted by molar-refractivity contribution is 5.71. The maximum atomic E-state index is 12.4. The fraction of sp³-hybridized carbons (Fsp3) is 0.917. The number of carbonyl (C=O) groups excluding carboxylic acids is 3. The van der Waals surface area contributed by atoms with Gasteiger partial charge in [-0.25, -0.2) is 0 Å². The quantitative estimate of drug-likeness (QED) is 0.0436. The highest BCUT2D eigenvalue weighted by Crippen LogP contribution is 2.14. The average molecular weight is 597 g/mol. The van der Waals surface area contributed by atoms with Gasteiger partial charge in [-0.3, -0.25) is 14.4 Å². The van der Waals surface area contributed by atoms with Crippen LogP contribution in [0.25, 0.3) is 0 Å². The van der Waals surface area contributed by atoms with Gasteiger partial charge in [0.1, 0.15) is 13.2 Å². The molecule has 6 nitrogen and oxygen atoms in total. The van der Waals surface area contributed by atoms with Crippen LogP contribution >= 0.6 is 0 Å². The lowest BCUT2D eigenvalue weighted by molar-refractivity contribution is -0.167. The first-order valence-corrected chi connectivity index (χ1v) is 18.0. The second kappa shape index (κ2) is 32.3. The molecule has 0 aromatic heterocycles. The molecule has 248 valence electrons. The molecule has 0 aromatic rings. The minimum absolute atomic E-state index is 0.0658. The van der Waals surface area contributed by atoms with Crippen molar-refractivity contribution in [2.45, 2.75) is 200 Å². The Balaban J connectivity index is 4.24. The number of rotatable bonds is 32. The standard InChI is InChI=1S/C36H68O6/c1-4-7-10-13-15-16-17-18-19-21-23-26-29-35(38)41-32-33(31-40-34(37)28-25-22-12-9-6-3)42-36(39)30-27-24-20-14-11-8-5-2/h33H,4-32H2,1-3H3/t33-/m1/s1. The van der Waals surface area contributed by atoms with Crippen LogP contribution in [-0.2, 0) is 28.6 Å². The van der Waals surface area contributed by atoms with Crippen LogP contribution in [0.1, 0.15) is 194 Å². The van der Waals surface area contributed by atoms with E-state index in [2.05, 4.69) is 20.8 Å². The number of esters is 3. The molecule has 0 aliphatic heterocycles. The second-order valence-corrected chi connectivity index (χ2v) is 12.2. The molecule has 0 saturated heterocycles. The normalized spacial score (nSPS) is 11.8. The molecule has 0 bridgehead atoms. The molecule has 1 atom stereocenters. The van der Waals surface area contributed by atoms with Crippen LogP contribution in [-0.4, -0.2) is 37.2 Å². The van der Waals surface area contributed by atoms with Gasteiger partial charge in [0.05, 0.1) is 0 Å². The van der Waals surface area contributed by atoms with E-state index in [0.717, 1.165) is 64.2 Å². The summed E-state index contributed by atoms with van der Waals surface area (Å²) in [5.74, 6) is -0.888. The lowest BCUT2D eigenvalue weighted by Crippen LogP contribution is -2.30. The molecule has 0 radical (unpaired) electrons. The topological polar surface area (TPSA) is 78.9 Å². The Morgan fingerprint density at radius 2 is 0.643 bits per heavy atom. The fourth-order valence-corrected chi connectivity index (χ4v) is 5.09. The lowest BCUT2D eigenvalue weighted by Gasteiger charge is -2.18. The Hall–Kier alpha value is -1.59. The van der Waals surface area contributed by atoms with Crippen molar-refractivity contribution in [1.82, 2.24) is 0 Å². The van der Waals surface area contributed by atoms with E-state index in [1.807, 2.05) is 0 Å². The number of ether oxygens (including phenoxy) is 3. The summed E-state index contributed by atoms with van der Waals surface area (Å²) < 4.78 is 16.4. The second-order valence-electron chi connectivity index (χ2n) is 12.2. The van der Waals surface area contributed by atoms with Gasteiger partial charge >= 0.3 is 17.9 Å². The molecule has 42 heavy (non-hydrogen) atoms. The molecule has 0 saturated carbocycles. The van der Waals surface area contributed by atoms with Crippen molar-refractivity contribution >= 4 is 17.9 Å². The van der Waals surface area contributed by atoms with Gasteiger partial charge in [-0.05, 0) is 19.3 Å². The predicted octanol–water partition coefficient (Wildman–Crippen LogP) is 10.6. The largest absolute Gasteiger partial charge is 0.462 e. The molecule has 0 aliphatic carbocycles. The zero-order chi connectivity index (χ0) is 30.9. The zero-order valence-electron chi connectivity index (χ0n) is 28.0. The summed E-state index contributed by atoms with van der Waals surface area (Å²) in [6, 6.07) is 0. The van der Waals surface area contributed by atoms with Crippen LogP contribution in [0.5, 0.6) is 0 Å². The fourth-order valence-electron chi connectivity index (χ4n) is 5.09. The Kier molecular flexibility index (Phi) is 31.1. The highest BCUT2D eigenvalue weighted by atomic mass is 16.6. The first kappa shape index (κ1) is 40.4. The highest BCUT2D eigenvalue weighted by Gasteiger charge is 2.19. The van der Waals surface area contributed by atoms with E-state index in [1.165, 1.54) is 89.9 Å². The van der Waals surface area contributed by atoms with Crippen LogP contribution in [0.15, 0.2) is 0 Å². The van der Waals surface area contributed by atoms with Crippen molar-refractivity contribution in [2.75, 3.05) is 13.2 Å². The van der Waals surface area contributed by atoms with Crippen molar-refractivity contribution in [3.05, 3.63) is 0 Å². The minimum Gasteiger partial charge on any atom is -0.462 e. The summed E-state index contributed by atoms with van der Waals surface area (Å²) in [5.41, 5.74) is 0. The molecule has 0 rings (SSSR count). The summed E-state index contributed by atoms with van der Waals surface area (Å²) >= 11 is 0. The van der Waals surface area contributed by atoms with Crippen LogP contribution in [0.2, 0.25) is 0 Å². The third-order valence-electron chi connectivity index (χ3n) is 7.86. The number of hydrogen-bond acceptors (Lipinski definition) is 6. The first-order chi connectivity index (χ1) is 20.5.